The molecule has 0 unspecified atom stereocenters. The number of oxime groups is 1. The van der Waals surface area contributed by atoms with Crippen LogP contribution < -0.4 is 4.18 Å². The molecule has 192 valence electrons. The molecule has 8 nitrogen and oxygen atoms in total. The van der Waals surface area contributed by atoms with Gasteiger partial charge < -0.3 is 4.18 Å². The molecule has 1 saturated heterocycles. The predicted molar refractivity (Wildman–Crippen MR) is 142 cm³/mol. The highest BCUT2D eigenvalue weighted by atomic mass is 32.2. The Morgan fingerprint density at radius 3 is 2.30 bits per heavy atom. The normalized spacial score (nSPS) is 19.2. The molecule has 0 N–H and O–H groups in total. The number of thioether (sulfide) groups is 1. The molecule has 1 aliphatic heterocycles. The summed E-state index contributed by atoms with van der Waals surface area (Å²) in [6.07, 6.45) is 5.53. The molecule has 0 saturated carbocycles. The summed E-state index contributed by atoms with van der Waals surface area (Å²) >= 11 is 1.57. The lowest BCUT2D eigenvalue weighted by atomic mass is 9.93. The Morgan fingerprint density at radius 2 is 1.62 bits per heavy atom. The van der Waals surface area contributed by atoms with Crippen LogP contribution in [0.5, 0.6) is 5.75 Å². The average Bonchev–Trinajstić information content (AvgIpc) is 3.33. The highest BCUT2D eigenvalue weighted by molar-refractivity contribution is 8.04. The Bertz CT molecular complexity index is 1580. The second kappa shape index (κ2) is 11.0. The van der Waals surface area contributed by atoms with Crippen molar-refractivity contribution in [2.75, 3.05) is 5.75 Å². The first-order valence-electron chi connectivity index (χ1n) is 11.3. The summed E-state index contributed by atoms with van der Waals surface area (Å²) in [7, 11) is -8.31. The van der Waals surface area contributed by atoms with Crippen molar-refractivity contribution in [3.8, 4) is 11.8 Å². The molecule has 0 spiro atoms. The zero-order valence-corrected chi connectivity index (χ0v) is 22.6. The second-order valence-electron chi connectivity index (χ2n) is 8.44. The number of nitrogens with zero attached hydrogens (tertiary/aromatic N) is 2. The topological polar surface area (TPSA) is 123 Å². The van der Waals surface area contributed by atoms with E-state index in [0.717, 1.165) is 32.9 Å². The second-order valence-corrected chi connectivity index (χ2v) is 12.6. The first kappa shape index (κ1) is 26.7. The minimum atomic E-state index is -4.24. The summed E-state index contributed by atoms with van der Waals surface area (Å²) in [6, 6.07) is 13.2. The van der Waals surface area contributed by atoms with E-state index in [1.807, 2.05) is 26.0 Å². The molecule has 0 bridgehead atoms. The van der Waals surface area contributed by atoms with Gasteiger partial charge in [0.15, 0.2) is 0 Å². The maximum Gasteiger partial charge on any atom is 0.358 e. The molecule has 0 radical (unpaired) electrons. The fourth-order valence-corrected chi connectivity index (χ4v) is 6.51. The molecule has 4 rings (SSSR count). The fraction of sp³-hybridized carbons (Fsp3) is 0.231. The van der Waals surface area contributed by atoms with Crippen LogP contribution in [0.1, 0.15) is 31.7 Å². The molecule has 1 aliphatic carbocycles. The molecule has 2 aliphatic rings. The predicted octanol–water partition coefficient (Wildman–Crippen LogP) is 5.41. The molecule has 0 aromatic heterocycles. The molecular weight excluding hydrogens is 532 g/mol. The quantitative estimate of drug-likeness (QED) is 0.328. The van der Waals surface area contributed by atoms with Crippen LogP contribution in [0.15, 0.2) is 97.3 Å². The first-order valence-corrected chi connectivity index (χ1v) is 15.1. The number of aryl methyl sites for hydroxylation is 1. The van der Waals surface area contributed by atoms with E-state index < -0.39 is 20.2 Å². The van der Waals surface area contributed by atoms with E-state index in [4.69, 9.17) is 13.7 Å². The highest BCUT2D eigenvalue weighted by Crippen LogP contribution is 2.36. The maximum absolute atomic E-state index is 12.7. The Labute approximate surface area is 221 Å². The average molecular weight is 557 g/mol. The minimum Gasteiger partial charge on any atom is -0.379 e. The molecule has 2 aromatic carbocycles. The van der Waals surface area contributed by atoms with Gasteiger partial charge in [0, 0.05) is 17.1 Å². The third-order valence-electron chi connectivity index (χ3n) is 5.77. The lowest BCUT2D eigenvalue weighted by Gasteiger charge is -2.15. The summed E-state index contributed by atoms with van der Waals surface area (Å²) < 4.78 is 60.5. The minimum absolute atomic E-state index is 0.00785. The number of benzene rings is 2. The summed E-state index contributed by atoms with van der Waals surface area (Å²) in [4.78, 5) is 0.662. The molecule has 0 amide bonds. The summed E-state index contributed by atoms with van der Waals surface area (Å²) in [6.45, 7) is 3.80. The van der Waals surface area contributed by atoms with Crippen LogP contribution in [0.3, 0.4) is 0 Å². The van der Waals surface area contributed by atoms with Gasteiger partial charge >= 0.3 is 20.2 Å². The van der Waals surface area contributed by atoms with Gasteiger partial charge in [0.05, 0.1) is 18.2 Å². The van der Waals surface area contributed by atoms with Gasteiger partial charge in [0.2, 0.25) is 0 Å². The van der Waals surface area contributed by atoms with Gasteiger partial charge in [-0.3, -0.25) is 4.28 Å². The lowest BCUT2D eigenvalue weighted by Crippen LogP contribution is -2.10. The number of hydrogen-bond donors (Lipinski definition) is 0. The van der Waals surface area contributed by atoms with E-state index in [-0.39, 0.29) is 15.5 Å². The van der Waals surface area contributed by atoms with Crippen LogP contribution in [0.25, 0.3) is 0 Å². The third kappa shape index (κ3) is 6.33. The number of hydrogen-bond acceptors (Lipinski definition) is 9. The SMILES string of the molecule is CC1=CCC(=C2SCCC2=NOS(=O)(=O)c2ccc(OS(=O)(=O)c3ccc(C)cc3)cc2)C=C1CC#N. The summed E-state index contributed by atoms with van der Waals surface area (Å²) in [5.41, 5.74) is 4.42. The van der Waals surface area contributed by atoms with Crippen LogP contribution in [-0.4, -0.2) is 28.3 Å². The van der Waals surface area contributed by atoms with Crippen molar-refractivity contribution < 1.29 is 25.3 Å². The Balaban J connectivity index is 1.49. The van der Waals surface area contributed by atoms with Crippen molar-refractivity contribution in [2.45, 2.75) is 42.9 Å². The van der Waals surface area contributed by atoms with Crippen LogP contribution in [0.4, 0.5) is 0 Å². The number of rotatable bonds is 7. The molecular formula is C26H24N2O6S3. The smallest absolute Gasteiger partial charge is 0.358 e. The van der Waals surface area contributed by atoms with Gasteiger partial charge in [-0.25, -0.2) is 0 Å². The monoisotopic (exact) mass is 556 g/mol. The molecule has 0 atom stereocenters. The largest absolute Gasteiger partial charge is 0.379 e. The summed E-state index contributed by atoms with van der Waals surface area (Å²) in [5, 5.41) is 13.0. The van der Waals surface area contributed by atoms with Gasteiger partial charge in [-0.05, 0) is 67.8 Å². The maximum atomic E-state index is 12.7. The van der Waals surface area contributed by atoms with E-state index in [9.17, 15) is 16.8 Å². The molecule has 11 heteroatoms. The zero-order valence-electron chi connectivity index (χ0n) is 20.2. The van der Waals surface area contributed by atoms with Crippen LogP contribution >= 0.6 is 11.8 Å². The van der Waals surface area contributed by atoms with Crippen molar-refractivity contribution >= 4 is 37.7 Å². The van der Waals surface area contributed by atoms with Crippen molar-refractivity contribution in [3.63, 3.8) is 0 Å². The van der Waals surface area contributed by atoms with E-state index in [2.05, 4.69) is 11.2 Å². The van der Waals surface area contributed by atoms with Crippen molar-refractivity contribution in [3.05, 3.63) is 87.9 Å². The fourth-order valence-electron chi connectivity index (χ4n) is 3.70. The van der Waals surface area contributed by atoms with E-state index in [1.54, 1.807) is 23.9 Å². The van der Waals surface area contributed by atoms with Gasteiger partial charge in [0.1, 0.15) is 15.5 Å². The van der Waals surface area contributed by atoms with E-state index in [0.29, 0.717) is 25.0 Å². The number of allylic oxidation sites excluding steroid dienone is 6. The first-order chi connectivity index (χ1) is 17.6. The van der Waals surface area contributed by atoms with Gasteiger partial charge in [-0.15, -0.1) is 11.8 Å². The highest BCUT2D eigenvalue weighted by Gasteiger charge is 2.24. The molecule has 1 fully saturated rings. The Hall–Kier alpha value is -3.33. The third-order valence-corrected chi connectivity index (χ3v) is 9.34. The van der Waals surface area contributed by atoms with Crippen LogP contribution in [-0.2, 0) is 24.5 Å². The van der Waals surface area contributed by atoms with Crippen molar-refractivity contribution in [1.82, 2.24) is 0 Å². The van der Waals surface area contributed by atoms with Gasteiger partial charge in [-0.2, -0.15) is 22.1 Å². The zero-order chi connectivity index (χ0) is 26.6. The summed E-state index contributed by atoms with van der Waals surface area (Å²) in [5.74, 6) is 0.706. The van der Waals surface area contributed by atoms with E-state index in [1.165, 1.54) is 36.4 Å². The Kier molecular flexibility index (Phi) is 7.92. The number of nitriles is 1. The van der Waals surface area contributed by atoms with Gasteiger partial charge in [0.25, 0.3) is 0 Å². The van der Waals surface area contributed by atoms with Gasteiger partial charge in [-0.1, -0.05) is 40.6 Å². The standard InChI is InChI=1S/C26H24N2O6S3/c1-18-3-9-23(10-4-18)36(29,30)33-22-7-11-24(12-8-22)37(31,32)34-28-25-14-16-35-26(25)21-6-5-19(2)20(17-21)13-15-27/h3-5,7-12,17H,6,13-14,16H2,1-2H3. The lowest BCUT2D eigenvalue weighted by molar-refractivity contribution is 0.338. The van der Waals surface area contributed by atoms with Crippen LogP contribution in [0.2, 0.25) is 0 Å². The molecule has 1 heterocycles. The Morgan fingerprint density at radius 1 is 0.973 bits per heavy atom. The van der Waals surface area contributed by atoms with E-state index >= 15 is 0 Å². The van der Waals surface area contributed by atoms with Crippen molar-refractivity contribution in [1.29, 1.82) is 5.26 Å². The van der Waals surface area contributed by atoms with Crippen molar-refractivity contribution in [2.24, 2.45) is 5.16 Å². The molecule has 2 aromatic rings. The van der Waals surface area contributed by atoms with Crippen LogP contribution in [0, 0.1) is 18.3 Å². The molecule has 37 heavy (non-hydrogen) atoms.